The molecule has 3 aromatic carbocycles. The second kappa shape index (κ2) is 6.41. The van der Waals surface area contributed by atoms with Gasteiger partial charge in [-0.2, -0.15) is 0 Å². The normalized spacial score (nSPS) is 11.2. The number of halogens is 1. The van der Waals surface area contributed by atoms with Crippen LogP contribution in [-0.2, 0) is 6.54 Å². The van der Waals surface area contributed by atoms with Gasteiger partial charge in [0.05, 0.1) is 23.1 Å². The zero-order valence-corrected chi connectivity index (χ0v) is 15.3. The molecule has 26 heavy (non-hydrogen) atoms. The highest BCUT2D eigenvalue weighted by Crippen LogP contribution is 2.29. The number of benzene rings is 3. The van der Waals surface area contributed by atoms with Crippen LogP contribution in [0.5, 0.6) is 0 Å². The largest absolute Gasteiger partial charge is 0.319 e. The van der Waals surface area contributed by atoms with Crippen LogP contribution in [0.1, 0.15) is 22.3 Å². The van der Waals surface area contributed by atoms with Crippen LogP contribution in [0.3, 0.4) is 0 Å². The minimum Gasteiger partial charge on any atom is -0.319 e. The van der Waals surface area contributed by atoms with Crippen molar-refractivity contribution in [1.82, 2.24) is 9.55 Å². The van der Waals surface area contributed by atoms with E-state index in [1.165, 1.54) is 28.3 Å². The van der Waals surface area contributed by atoms with Crippen LogP contribution in [-0.4, -0.2) is 9.55 Å². The van der Waals surface area contributed by atoms with E-state index in [4.69, 9.17) is 4.98 Å². The fraction of sp³-hybridized carbons (Fsp3) is 0.174. The molecule has 0 atom stereocenters. The maximum atomic E-state index is 14.5. The number of fused-ring (bicyclic) bond motifs is 1. The SMILES string of the molecule is Cc1cc(C)c(Cn2c(-c3ccccc3F)nc3ccccc32)c(C)c1. The lowest BCUT2D eigenvalue weighted by atomic mass is 9.99. The Morgan fingerprint density at radius 3 is 2.27 bits per heavy atom. The van der Waals surface area contributed by atoms with E-state index >= 15 is 0 Å². The Balaban J connectivity index is 1.95. The van der Waals surface area contributed by atoms with E-state index < -0.39 is 0 Å². The number of rotatable bonds is 3. The molecule has 0 aliphatic heterocycles. The quantitative estimate of drug-likeness (QED) is 0.458. The molecule has 2 nitrogen and oxygen atoms in total. The monoisotopic (exact) mass is 344 g/mol. The number of hydrogen-bond donors (Lipinski definition) is 0. The van der Waals surface area contributed by atoms with Gasteiger partial charge in [-0.15, -0.1) is 0 Å². The molecule has 0 saturated heterocycles. The predicted octanol–water partition coefficient (Wildman–Crippen LogP) is 5.82. The van der Waals surface area contributed by atoms with E-state index in [2.05, 4.69) is 37.5 Å². The van der Waals surface area contributed by atoms with Gasteiger partial charge >= 0.3 is 0 Å². The third-order valence-corrected chi connectivity index (χ3v) is 4.93. The van der Waals surface area contributed by atoms with Gasteiger partial charge in [0.25, 0.3) is 0 Å². The first-order chi connectivity index (χ1) is 12.5. The molecular formula is C23H21FN2. The van der Waals surface area contributed by atoms with Gasteiger partial charge in [0, 0.05) is 0 Å². The minimum absolute atomic E-state index is 0.249. The van der Waals surface area contributed by atoms with Crippen molar-refractivity contribution in [3.8, 4) is 11.4 Å². The summed E-state index contributed by atoms with van der Waals surface area (Å²) in [5.41, 5.74) is 7.45. The van der Waals surface area contributed by atoms with Gasteiger partial charge in [-0.05, 0) is 61.7 Å². The molecule has 4 aromatic rings. The van der Waals surface area contributed by atoms with Crippen LogP contribution in [0.25, 0.3) is 22.4 Å². The zero-order valence-electron chi connectivity index (χ0n) is 15.3. The van der Waals surface area contributed by atoms with Crippen molar-refractivity contribution < 1.29 is 4.39 Å². The Bertz CT molecular complexity index is 1090. The molecule has 0 radical (unpaired) electrons. The fourth-order valence-corrected chi connectivity index (χ4v) is 3.70. The number of imidazole rings is 1. The number of aromatic nitrogens is 2. The van der Waals surface area contributed by atoms with E-state index in [1.54, 1.807) is 12.1 Å². The van der Waals surface area contributed by atoms with Crippen molar-refractivity contribution in [1.29, 1.82) is 0 Å². The topological polar surface area (TPSA) is 17.8 Å². The van der Waals surface area contributed by atoms with Crippen molar-refractivity contribution in [2.24, 2.45) is 0 Å². The zero-order chi connectivity index (χ0) is 18.3. The minimum atomic E-state index is -0.249. The van der Waals surface area contributed by atoms with E-state index in [0.717, 1.165) is 11.0 Å². The smallest absolute Gasteiger partial charge is 0.144 e. The Kier molecular flexibility index (Phi) is 4.08. The average molecular weight is 344 g/mol. The summed E-state index contributed by atoms with van der Waals surface area (Å²) in [6.07, 6.45) is 0. The predicted molar refractivity (Wildman–Crippen MR) is 105 cm³/mol. The van der Waals surface area contributed by atoms with Gasteiger partial charge in [0.1, 0.15) is 11.6 Å². The molecule has 0 saturated carbocycles. The van der Waals surface area contributed by atoms with E-state index in [-0.39, 0.29) is 5.82 Å². The standard InChI is InChI=1S/C23H21FN2/c1-15-12-16(2)19(17(3)13-15)14-26-22-11-7-6-10-21(22)25-23(26)18-8-4-5-9-20(18)24/h4-13H,14H2,1-3H3. The highest BCUT2D eigenvalue weighted by molar-refractivity contribution is 5.81. The Hall–Kier alpha value is -2.94. The maximum absolute atomic E-state index is 14.5. The summed E-state index contributed by atoms with van der Waals surface area (Å²) in [6, 6.07) is 19.2. The first kappa shape index (κ1) is 16.5. The number of hydrogen-bond acceptors (Lipinski definition) is 1. The molecule has 130 valence electrons. The van der Waals surface area contributed by atoms with Gasteiger partial charge in [-0.3, -0.25) is 0 Å². The Morgan fingerprint density at radius 2 is 1.54 bits per heavy atom. The van der Waals surface area contributed by atoms with Gasteiger partial charge < -0.3 is 4.57 Å². The van der Waals surface area contributed by atoms with Crippen LogP contribution >= 0.6 is 0 Å². The Morgan fingerprint density at radius 1 is 0.885 bits per heavy atom. The van der Waals surface area contributed by atoms with Crippen molar-refractivity contribution in [3.63, 3.8) is 0 Å². The van der Waals surface area contributed by atoms with E-state index in [1.807, 2.05) is 30.3 Å². The summed E-state index contributed by atoms with van der Waals surface area (Å²) in [4.78, 5) is 4.74. The van der Waals surface area contributed by atoms with Crippen LogP contribution in [0, 0.1) is 26.6 Å². The molecular weight excluding hydrogens is 323 g/mol. The summed E-state index contributed by atoms with van der Waals surface area (Å²) < 4.78 is 16.6. The number of aryl methyl sites for hydroxylation is 3. The highest BCUT2D eigenvalue weighted by Gasteiger charge is 2.17. The molecule has 0 N–H and O–H groups in total. The van der Waals surface area contributed by atoms with Crippen molar-refractivity contribution in [2.45, 2.75) is 27.3 Å². The Labute approximate surface area is 152 Å². The molecule has 4 rings (SSSR count). The maximum Gasteiger partial charge on any atom is 0.144 e. The summed E-state index contributed by atoms with van der Waals surface area (Å²) >= 11 is 0. The number of nitrogens with zero attached hydrogens (tertiary/aromatic N) is 2. The first-order valence-electron chi connectivity index (χ1n) is 8.81. The first-order valence-corrected chi connectivity index (χ1v) is 8.81. The molecule has 3 heteroatoms. The van der Waals surface area contributed by atoms with Crippen molar-refractivity contribution in [2.75, 3.05) is 0 Å². The van der Waals surface area contributed by atoms with Crippen LogP contribution in [0.2, 0.25) is 0 Å². The van der Waals surface area contributed by atoms with Gasteiger partial charge in [-0.1, -0.05) is 42.0 Å². The summed E-state index contributed by atoms with van der Waals surface area (Å²) in [7, 11) is 0. The lowest BCUT2D eigenvalue weighted by Gasteiger charge is -2.15. The summed E-state index contributed by atoms with van der Waals surface area (Å²) in [5.74, 6) is 0.421. The molecule has 0 unspecified atom stereocenters. The molecule has 0 aliphatic rings. The second-order valence-corrected chi connectivity index (χ2v) is 6.87. The van der Waals surface area contributed by atoms with E-state index in [9.17, 15) is 4.39 Å². The van der Waals surface area contributed by atoms with Gasteiger partial charge in [-0.25, -0.2) is 9.37 Å². The lowest BCUT2D eigenvalue weighted by Crippen LogP contribution is -2.06. The van der Waals surface area contributed by atoms with Crippen molar-refractivity contribution in [3.05, 3.63) is 88.7 Å². The average Bonchev–Trinajstić information content (AvgIpc) is 2.97. The molecule has 1 heterocycles. The summed E-state index contributed by atoms with van der Waals surface area (Å²) in [6.45, 7) is 7.05. The number of para-hydroxylation sites is 2. The summed E-state index contributed by atoms with van der Waals surface area (Å²) in [5, 5.41) is 0. The third-order valence-electron chi connectivity index (χ3n) is 4.93. The van der Waals surface area contributed by atoms with Crippen molar-refractivity contribution >= 4 is 11.0 Å². The molecule has 0 bridgehead atoms. The van der Waals surface area contributed by atoms with Gasteiger partial charge in [0.15, 0.2) is 0 Å². The highest BCUT2D eigenvalue weighted by atomic mass is 19.1. The van der Waals surface area contributed by atoms with Crippen LogP contribution in [0.4, 0.5) is 4.39 Å². The molecule has 0 spiro atoms. The lowest BCUT2D eigenvalue weighted by molar-refractivity contribution is 0.628. The molecule has 0 amide bonds. The molecule has 0 fully saturated rings. The van der Waals surface area contributed by atoms with Gasteiger partial charge in [0.2, 0.25) is 0 Å². The molecule has 1 aromatic heterocycles. The third kappa shape index (κ3) is 2.80. The van der Waals surface area contributed by atoms with Crippen LogP contribution in [0.15, 0.2) is 60.7 Å². The second-order valence-electron chi connectivity index (χ2n) is 6.87. The van der Waals surface area contributed by atoms with E-state index in [0.29, 0.717) is 17.9 Å². The van der Waals surface area contributed by atoms with Crippen LogP contribution < -0.4 is 0 Å². The fourth-order valence-electron chi connectivity index (χ4n) is 3.70. The molecule has 0 aliphatic carbocycles.